The van der Waals surface area contributed by atoms with Gasteiger partial charge in [0.2, 0.25) is 6.29 Å². The maximum Gasteiger partial charge on any atom is 0.201 e. The highest BCUT2D eigenvalue weighted by Gasteiger charge is 2.43. The Kier molecular flexibility index (Phi) is 11.1. The molecule has 7 unspecified atom stereocenters. The smallest absolute Gasteiger partial charge is 0.201 e. The van der Waals surface area contributed by atoms with Crippen molar-refractivity contribution >= 4 is 33.3 Å². The number of aliphatic hydroxyl groups excluding tert-OH is 2. The first kappa shape index (κ1) is 35.6. The van der Waals surface area contributed by atoms with Crippen molar-refractivity contribution in [3.8, 4) is 34.8 Å². The molecule has 5 bridgehead atoms. The number of Topliss-reactive ketones (excluding diaryl/α,β-unsaturated/α-hetero) is 1. The zero-order valence-corrected chi connectivity index (χ0v) is 29.9. The molecule has 0 saturated heterocycles. The number of nitrogens with zero attached hydrogens (tertiary/aromatic N) is 1. The van der Waals surface area contributed by atoms with Gasteiger partial charge < -0.3 is 41.0 Å². The van der Waals surface area contributed by atoms with Crippen molar-refractivity contribution < 1.29 is 34.7 Å². The summed E-state index contributed by atoms with van der Waals surface area (Å²) in [7, 11) is 5.05. The van der Waals surface area contributed by atoms with E-state index in [4.69, 9.17) is 20.2 Å². The molecule has 0 spiro atoms. The van der Waals surface area contributed by atoms with Crippen LogP contribution in [0, 0.1) is 35.5 Å². The van der Waals surface area contributed by atoms with E-state index in [0.717, 1.165) is 28.9 Å². The van der Waals surface area contributed by atoms with Gasteiger partial charge >= 0.3 is 0 Å². The number of aryl methyl sites for hydroxylation is 1. The first-order chi connectivity index (χ1) is 23.5. The molecule has 6 rings (SSSR count). The van der Waals surface area contributed by atoms with Crippen molar-refractivity contribution in [3.05, 3.63) is 46.0 Å². The van der Waals surface area contributed by atoms with E-state index >= 15 is 0 Å². The number of carbonyl (C=O) groups excluding carboxylic acids is 1. The van der Waals surface area contributed by atoms with Gasteiger partial charge in [0, 0.05) is 65.8 Å². The fourth-order valence-corrected chi connectivity index (χ4v) is 11.0. The van der Waals surface area contributed by atoms with Gasteiger partial charge in [0.15, 0.2) is 29.0 Å². The summed E-state index contributed by atoms with van der Waals surface area (Å²) in [6.45, 7) is 4.71. The SMILES string of the molecule is COc1c(O)ccc2c1C#CCc1cc3c4c(c1O)OC(O)C(C4)C1CN=C(N)NC(C(C)C)CSSC1CCC(C3)C(O)CC(=O)CC2. The van der Waals surface area contributed by atoms with Gasteiger partial charge in [0.1, 0.15) is 5.78 Å². The zero-order valence-electron chi connectivity index (χ0n) is 28.3. The lowest BCUT2D eigenvalue weighted by molar-refractivity contribution is -0.121. The van der Waals surface area contributed by atoms with Crippen molar-refractivity contribution in [1.29, 1.82) is 0 Å². The number of carbonyl (C=O) groups is 1. The third kappa shape index (κ3) is 7.75. The Morgan fingerprint density at radius 3 is 2.67 bits per heavy atom. The van der Waals surface area contributed by atoms with Crippen molar-refractivity contribution in [1.82, 2.24) is 5.32 Å². The summed E-state index contributed by atoms with van der Waals surface area (Å²) < 4.78 is 11.7. The number of nitrogens with two attached hydrogens (primary N) is 1. The second-order valence-electron chi connectivity index (χ2n) is 14.0. The Morgan fingerprint density at radius 2 is 1.90 bits per heavy atom. The Hall–Kier alpha value is -3.24. The number of rotatable bonds is 2. The zero-order chi connectivity index (χ0) is 34.8. The quantitative estimate of drug-likeness (QED) is 0.196. The molecule has 2 heterocycles. The molecule has 0 saturated carbocycles. The third-order valence-electron chi connectivity index (χ3n) is 10.5. The number of ketones is 1. The fourth-order valence-electron chi connectivity index (χ4n) is 7.54. The van der Waals surface area contributed by atoms with Crippen LogP contribution in [-0.2, 0) is 30.5 Å². The van der Waals surface area contributed by atoms with Gasteiger partial charge in [0.05, 0.1) is 18.8 Å². The number of aliphatic imine (C=N–C) groups is 1. The van der Waals surface area contributed by atoms with Crippen molar-refractivity contribution in [3.63, 3.8) is 0 Å². The molecule has 2 aromatic carbocycles. The van der Waals surface area contributed by atoms with E-state index in [0.29, 0.717) is 55.2 Å². The highest BCUT2D eigenvalue weighted by Crippen LogP contribution is 2.49. The van der Waals surface area contributed by atoms with Crippen molar-refractivity contribution in [2.45, 2.75) is 88.9 Å². The van der Waals surface area contributed by atoms with Crippen LogP contribution in [0.4, 0.5) is 0 Å². The van der Waals surface area contributed by atoms with Gasteiger partial charge in [-0.2, -0.15) is 0 Å². The van der Waals surface area contributed by atoms with Crippen molar-refractivity contribution in [2.24, 2.45) is 34.4 Å². The Balaban J connectivity index is 1.44. The van der Waals surface area contributed by atoms with Gasteiger partial charge in [-0.15, -0.1) is 0 Å². The molecule has 0 amide bonds. The number of hydrogen-bond acceptors (Lipinski definition) is 12. The Labute approximate surface area is 296 Å². The fraction of sp³-hybridized carbons (Fsp3) is 0.568. The lowest BCUT2D eigenvalue weighted by Crippen LogP contribution is -2.47. The van der Waals surface area contributed by atoms with E-state index in [1.54, 1.807) is 27.7 Å². The molecule has 10 nitrogen and oxygen atoms in total. The van der Waals surface area contributed by atoms with Gasteiger partial charge in [-0.05, 0) is 61.1 Å². The largest absolute Gasteiger partial charge is 0.504 e. The monoisotopic (exact) mass is 709 g/mol. The minimum absolute atomic E-state index is 0.0183. The standard InChI is InChI=1S/C37H47N3O7S2/c1-19(2)29-18-48-49-32-12-9-21-13-23-14-22(33(44)35-26(23)16-27(36(45)47-35)28(32)17-39-37(38)40-29)5-4-6-25-20(7-10-24(41)15-31(21)43)8-11-30(42)34(25)46-3/h8,11,14,19,21,27-29,31-32,36,42-45H,5,7,9-10,12-13,15-18H2,1-3H3,(H3,38,39,40). The molecule has 49 heavy (non-hydrogen) atoms. The minimum atomic E-state index is -1.17. The highest BCUT2D eigenvalue weighted by atomic mass is 33.1. The summed E-state index contributed by atoms with van der Waals surface area (Å²) in [5.41, 5.74) is 9.87. The van der Waals surface area contributed by atoms with Crippen LogP contribution in [-0.4, -0.2) is 75.3 Å². The molecular formula is C37H47N3O7S2. The van der Waals surface area contributed by atoms with E-state index in [1.165, 1.54) is 13.2 Å². The summed E-state index contributed by atoms with van der Waals surface area (Å²) in [5, 5.41) is 48.7. The van der Waals surface area contributed by atoms with Crippen LogP contribution in [0.15, 0.2) is 23.2 Å². The number of aliphatic hydroxyl groups is 2. The third-order valence-corrected chi connectivity index (χ3v) is 13.6. The topological polar surface area (TPSA) is 167 Å². The number of methoxy groups -OCH3 is 1. The number of benzene rings is 2. The van der Waals surface area contributed by atoms with E-state index in [-0.39, 0.29) is 77.1 Å². The summed E-state index contributed by atoms with van der Waals surface area (Å²) in [4.78, 5) is 18.1. The van der Waals surface area contributed by atoms with Crippen LogP contribution in [0.1, 0.15) is 67.3 Å². The molecule has 0 fully saturated rings. The molecule has 2 aromatic rings. The molecule has 2 aliphatic carbocycles. The first-order valence-corrected chi connectivity index (χ1v) is 19.6. The van der Waals surface area contributed by atoms with Crippen molar-refractivity contribution in [2.75, 3.05) is 19.4 Å². The number of ether oxygens (including phenoxy) is 2. The van der Waals surface area contributed by atoms with Gasteiger partial charge in [-0.25, -0.2) is 0 Å². The summed E-state index contributed by atoms with van der Waals surface area (Å²) in [6.07, 6.45) is 1.10. The second kappa shape index (κ2) is 15.3. The van der Waals surface area contributed by atoms with E-state index in [2.05, 4.69) is 31.0 Å². The second-order valence-corrected chi connectivity index (χ2v) is 16.7. The predicted molar refractivity (Wildman–Crippen MR) is 193 cm³/mol. The number of phenolic OH excluding ortho intramolecular Hbond substituents is 2. The lowest BCUT2D eigenvalue weighted by Gasteiger charge is -2.41. The molecule has 0 aromatic heterocycles. The van der Waals surface area contributed by atoms with Gasteiger partial charge in [0.25, 0.3) is 0 Å². The van der Waals surface area contributed by atoms with E-state index in [1.807, 2.05) is 6.07 Å². The number of phenols is 2. The molecule has 4 aliphatic rings. The number of guanidine groups is 1. The van der Waals surface area contributed by atoms with Gasteiger partial charge in [-0.1, -0.05) is 59.4 Å². The molecular weight excluding hydrogens is 663 g/mol. The van der Waals surface area contributed by atoms with E-state index in [9.17, 15) is 25.2 Å². The Morgan fingerprint density at radius 1 is 1.08 bits per heavy atom. The average Bonchev–Trinajstić information content (AvgIpc) is 3.06. The normalized spacial score (nSPS) is 29.1. The summed E-state index contributed by atoms with van der Waals surface area (Å²) in [5.74, 6) is 7.49. The molecule has 264 valence electrons. The molecule has 12 heteroatoms. The van der Waals surface area contributed by atoms with Gasteiger partial charge in [-0.3, -0.25) is 9.79 Å². The molecule has 0 radical (unpaired) electrons. The minimum Gasteiger partial charge on any atom is -0.504 e. The number of aromatic hydroxyl groups is 2. The lowest BCUT2D eigenvalue weighted by atomic mass is 9.75. The average molecular weight is 710 g/mol. The van der Waals surface area contributed by atoms with Crippen LogP contribution < -0.4 is 20.5 Å². The number of nitrogens with one attached hydrogen (secondary N) is 1. The molecule has 2 aliphatic heterocycles. The van der Waals surface area contributed by atoms with Crippen LogP contribution >= 0.6 is 21.6 Å². The Bertz CT molecular complexity index is 1650. The predicted octanol–water partition coefficient (Wildman–Crippen LogP) is 4.10. The maximum absolute atomic E-state index is 13.4. The number of hydrogen-bond donors (Lipinski definition) is 6. The van der Waals surface area contributed by atoms with Crippen LogP contribution in [0.3, 0.4) is 0 Å². The summed E-state index contributed by atoms with van der Waals surface area (Å²) in [6, 6.07) is 5.37. The van der Waals surface area contributed by atoms with Crippen LogP contribution in [0.2, 0.25) is 0 Å². The molecule has 7 atom stereocenters. The number of fused-ring (bicyclic) bond motifs is 6. The van der Waals surface area contributed by atoms with E-state index < -0.39 is 12.4 Å². The van der Waals surface area contributed by atoms with Crippen LogP contribution in [0.25, 0.3) is 0 Å². The highest BCUT2D eigenvalue weighted by molar-refractivity contribution is 8.77. The molecule has 7 N–H and O–H groups in total. The first-order valence-electron chi connectivity index (χ1n) is 17.2. The van der Waals surface area contributed by atoms with Crippen LogP contribution in [0.5, 0.6) is 23.0 Å². The summed E-state index contributed by atoms with van der Waals surface area (Å²) >= 11 is 0. The maximum atomic E-state index is 13.4.